The first-order chi connectivity index (χ1) is 13.0. The molecule has 0 spiro atoms. The number of rotatable bonds is 6. The number of benzene rings is 2. The van der Waals surface area contributed by atoms with Crippen LogP contribution in [-0.4, -0.2) is 28.9 Å². The van der Waals surface area contributed by atoms with Crippen molar-refractivity contribution in [2.24, 2.45) is 0 Å². The van der Waals surface area contributed by atoms with Crippen LogP contribution >= 0.6 is 0 Å². The molecule has 2 aromatic rings. The van der Waals surface area contributed by atoms with Crippen LogP contribution in [0.4, 0.5) is 4.79 Å². The third-order valence-corrected chi connectivity index (χ3v) is 3.99. The van der Waals surface area contributed by atoms with Crippen molar-refractivity contribution >= 4 is 18.0 Å². The van der Waals surface area contributed by atoms with Gasteiger partial charge < -0.3 is 10.1 Å². The molecule has 2 unspecified atom stereocenters. The molecule has 0 aliphatic carbocycles. The van der Waals surface area contributed by atoms with Gasteiger partial charge in [-0.05, 0) is 23.3 Å². The average molecular weight is 367 g/mol. The molecule has 1 aliphatic rings. The molecule has 1 saturated heterocycles. The van der Waals surface area contributed by atoms with Crippen molar-refractivity contribution in [2.45, 2.75) is 18.7 Å². The lowest BCUT2D eigenvalue weighted by molar-refractivity contribution is -0.510. The maximum absolute atomic E-state index is 11.6. The summed E-state index contributed by atoms with van der Waals surface area (Å²) in [5.74, 6) is -0.243. The van der Waals surface area contributed by atoms with Crippen molar-refractivity contribution in [3.63, 3.8) is 0 Å². The highest BCUT2D eigenvalue weighted by Gasteiger charge is 2.43. The number of hydrogen-bond donors (Lipinski definition) is 2. The van der Waals surface area contributed by atoms with Gasteiger partial charge in [0, 0.05) is 4.92 Å². The fourth-order valence-electron chi connectivity index (χ4n) is 2.63. The molecule has 2 aromatic carbocycles. The molecule has 0 aromatic heterocycles. The monoisotopic (exact) mass is 367 g/mol. The molecule has 27 heavy (non-hydrogen) atoms. The van der Waals surface area contributed by atoms with Gasteiger partial charge in [0.25, 0.3) is 0 Å². The molecule has 3 rings (SSSR count). The standard InChI is InChI=1S/C19H17N3O5/c23-18-17(22(25)26)16(20-19(24)21-18)11-8-13-6-9-15(10-7-13)27-12-14-4-2-1-3-5-14/h1-11,16-17H,12H2,(H2,20,21,23,24)/b11-8+. The Kier molecular flexibility index (Phi) is 5.46. The summed E-state index contributed by atoms with van der Waals surface area (Å²) in [6.45, 7) is 0.448. The van der Waals surface area contributed by atoms with Gasteiger partial charge in [-0.1, -0.05) is 54.6 Å². The van der Waals surface area contributed by atoms with E-state index in [1.165, 1.54) is 6.08 Å². The molecule has 8 nitrogen and oxygen atoms in total. The maximum atomic E-state index is 11.6. The van der Waals surface area contributed by atoms with E-state index in [-0.39, 0.29) is 0 Å². The average Bonchev–Trinajstić information content (AvgIpc) is 2.65. The van der Waals surface area contributed by atoms with Crippen LogP contribution in [0.5, 0.6) is 5.75 Å². The second-order valence-electron chi connectivity index (χ2n) is 5.92. The largest absolute Gasteiger partial charge is 0.489 e. The summed E-state index contributed by atoms with van der Waals surface area (Å²) in [6, 6.07) is 13.5. The zero-order chi connectivity index (χ0) is 19.2. The minimum absolute atomic E-state index is 0.448. The first-order valence-corrected chi connectivity index (χ1v) is 8.23. The summed E-state index contributed by atoms with van der Waals surface area (Å²) in [6.07, 6.45) is 3.05. The molecule has 3 amide bonds. The first-order valence-electron chi connectivity index (χ1n) is 8.23. The number of carbonyl (C=O) groups is 2. The van der Waals surface area contributed by atoms with Crippen LogP contribution in [-0.2, 0) is 11.4 Å². The van der Waals surface area contributed by atoms with Gasteiger partial charge in [0.1, 0.15) is 18.4 Å². The van der Waals surface area contributed by atoms with Gasteiger partial charge >= 0.3 is 18.0 Å². The smallest absolute Gasteiger partial charge is 0.322 e. The van der Waals surface area contributed by atoms with E-state index in [0.29, 0.717) is 12.4 Å². The third kappa shape index (κ3) is 4.69. The van der Waals surface area contributed by atoms with E-state index in [9.17, 15) is 19.7 Å². The number of amides is 3. The topological polar surface area (TPSA) is 111 Å². The molecule has 1 aliphatic heterocycles. The Morgan fingerprint density at radius 2 is 1.78 bits per heavy atom. The van der Waals surface area contributed by atoms with E-state index in [1.54, 1.807) is 30.3 Å². The highest BCUT2D eigenvalue weighted by atomic mass is 16.6. The number of nitrogens with zero attached hydrogens (tertiary/aromatic N) is 1. The van der Waals surface area contributed by atoms with Gasteiger partial charge in [-0.2, -0.15) is 0 Å². The Morgan fingerprint density at radius 3 is 2.44 bits per heavy atom. The van der Waals surface area contributed by atoms with Crippen LogP contribution in [0.25, 0.3) is 6.08 Å². The van der Waals surface area contributed by atoms with Crippen molar-refractivity contribution in [1.29, 1.82) is 0 Å². The number of nitro groups is 1. The van der Waals surface area contributed by atoms with Gasteiger partial charge in [0.2, 0.25) is 0 Å². The molecule has 0 bridgehead atoms. The van der Waals surface area contributed by atoms with Crippen molar-refractivity contribution in [3.8, 4) is 5.75 Å². The van der Waals surface area contributed by atoms with Crippen molar-refractivity contribution in [1.82, 2.24) is 10.6 Å². The van der Waals surface area contributed by atoms with Crippen LogP contribution < -0.4 is 15.4 Å². The van der Waals surface area contributed by atoms with Gasteiger partial charge in [-0.25, -0.2) is 4.79 Å². The van der Waals surface area contributed by atoms with Gasteiger partial charge in [-0.3, -0.25) is 20.2 Å². The zero-order valence-corrected chi connectivity index (χ0v) is 14.2. The third-order valence-electron chi connectivity index (χ3n) is 3.99. The van der Waals surface area contributed by atoms with Gasteiger partial charge in [0.05, 0.1) is 0 Å². The Bertz CT molecular complexity index is 865. The van der Waals surface area contributed by atoms with Crippen LogP contribution in [0.3, 0.4) is 0 Å². The molecule has 138 valence electrons. The minimum atomic E-state index is -1.56. The van der Waals surface area contributed by atoms with E-state index < -0.39 is 28.9 Å². The summed E-state index contributed by atoms with van der Waals surface area (Å²) < 4.78 is 5.69. The van der Waals surface area contributed by atoms with Gasteiger partial charge in [-0.15, -0.1) is 0 Å². The Hall–Kier alpha value is -3.68. The molecule has 8 heteroatoms. The van der Waals surface area contributed by atoms with Crippen molar-refractivity contribution in [2.75, 3.05) is 0 Å². The first kappa shape index (κ1) is 18.1. The second kappa shape index (κ2) is 8.13. The van der Waals surface area contributed by atoms with Crippen LogP contribution in [0.2, 0.25) is 0 Å². The number of urea groups is 1. The molecule has 1 fully saturated rings. The summed E-state index contributed by atoms with van der Waals surface area (Å²) in [5, 5.41) is 15.3. The number of ether oxygens (including phenoxy) is 1. The second-order valence-corrected chi connectivity index (χ2v) is 5.92. The predicted molar refractivity (Wildman–Crippen MR) is 97.5 cm³/mol. The molecule has 1 heterocycles. The zero-order valence-electron chi connectivity index (χ0n) is 14.2. The fourth-order valence-corrected chi connectivity index (χ4v) is 2.63. The van der Waals surface area contributed by atoms with Crippen LogP contribution in [0.1, 0.15) is 11.1 Å². The van der Waals surface area contributed by atoms with E-state index in [1.807, 2.05) is 35.6 Å². The SMILES string of the molecule is O=C1NC(=O)C([N+](=O)[O-])C(/C=C/c2ccc(OCc3ccccc3)cc2)N1. The quantitative estimate of drug-likeness (QED) is 0.600. The normalized spacial score (nSPS) is 19.4. The molecule has 2 atom stereocenters. The lowest BCUT2D eigenvalue weighted by atomic mass is 10.0. The lowest BCUT2D eigenvalue weighted by Crippen LogP contribution is -2.62. The lowest BCUT2D eigenvalue weighted by Gasteiger charge is -2.23. The van der Waals surface area contributed by atoms with Crippen LogP contribution in [0.15, 0.2) is 60.7 Å². The maximum Gasteiger partial charge on any atom is 0.322 e. The Morgan fingerprint density at radius 1 is 1.07 bits per heavy atom. The molecular formula is C19H17N3O5. The van der Waals surface area contributed by atoms with E-state index in [4.69, 9.17) is 4.74 Å². The fraction of sp³-hybridized carbons (Fsp3) is 0.158. The van der Waals surface area contributed by atoms with Crippen LogP contribution in [0, 0.1) is 10.1 Å². The van der Waals surface area contributed by atoms with Crippen molar-refractivity contribution < 1.29 is 19.2 Å². The summed E-state index contributed by atoms with van der Waals surface area (Å²) >= 11 is 0. The summed E-state index contributed by atoms with van der Waals surface area (Å²) in [7, 11) is 0. The summed E-state index contributed by atoms with van der Waals surface area (Å²) in [5.41, 5.74) is 1.81. The number of nitrogens with one attached hydrogen (secondary N) is 2. The van der Waals surface area contributed by atoms with E-state index >= 15 is 0 Å². The molecule has 0 saturated carbocycles. The Balaban J connectivity index is 1.63. The summed E-state index contributed by atoms with van der Waals surface area (Å²) in [4.78, 5) is 33.4. The minimum Gasteiger partial charge on any atom is -0.489 e. The highest BCUT2D eigenvalue weighted by Crippen LogP contribution is 2.16. The Labute approximate surface area is 155 Å². The van der Waals surface area contributed by atoms with E-state index in [2.05, 4.69) is 5.32 Å². The molecule has 0 radical (unpaired) electrons. The van der Waals surface area contributed by atoms with Gasteiger partial charge in [0.15, 0.2) is 0 Å². The predicted octanol–water partition coefficient (Wildman–Crippen LogP) is 2.13. The molecule has 2 N–H and O–H groups in total. The number of hydrogen-bond acceptors (Lipinski definition) is 5. The molecular weight excluding hydrogens is 350 g/mol. The highest BCUT2D eigenvalue weighted by molar-refractivity contribution is 6.00. The van der Waals surface area contributed by atoms with E-state index in [0.717, 1.165) is 11.1 Å². The number of imide groups is 1. The van der Waals surface area contributed by atoms with Crippen molar-refractivity contribution in [3.05, 3.63) is 81.9 Å². The number of carbonyl (C=O) groups excluding carboxylic acids is 2.